The van der Waals surface area contributed by atoms with Crippen LogP contribution in [0.4, 0.5) is 5.69 Å². The second kappa shape index (κ2) is 4.96. The fourth-order valence-corrected chi connectivity index (χ4v) is 2.28. The first-order chi connectivity index (χ1) is 8.09. The molecule has 0 atom stereocenters. The van der Waals surface area contributed by atoms with Crippen molar-refractivity contribution < 1.29 is 4.79 Å². The van der Waals surface area contributed by atoms with Crippen LogP contribution in [0.3, 0.4) is 0 Å². The molecule has 0 saturated heterocycles. The van der Waals surface area contributed by atoms with Crippen LogP contribution < -0.4 is 11.1 Å². The molecule has 1 rings (SSSR count). The smallest absolute Gasteiger partial charge is 0.270 e. The number of nitrogens with one attached hydrogen (secondary N) is 1. The van der Waals surface area contributed by atoms with Crippen LogP contribution in [0.15, 0.2) is 18.3 Å². The van der Waals surface area contributed by atoms with Gasteiger partial charge in [0.05, 0.1) is 11.9 Å². The topological polar surface area (TPSA) is 68.0 Å². The fourth-order valence-electron chi connectivity index (χ4n) is 2.28. The molecule has 1 heterocycles. The highest BCUT2D eigenvalue weighted by Crippen LogP contribution is 2.26. The van der Waals surface area contributed by atoms with Gasteiger partial charge in [-0.25, -0.2) is 4.98 Å². The average Bonchev–Trinajstić information content (AvgIpc) is 2.13. The lowest BCUT2D eigenvalue weighted by Gasteiger charge is -2.33. The second-order valence-electron chi connectivity index (χ2n) is 6.55. The van der Waals surface area contributed by atoms with Gasteiger partial charge in [-0.3, -0.25) is 4.79 Å². The number of aromatic nitrogens is 1. The van der Waals surface area contributed by atoms with Gasteiger partial charge in [0.2, 0.25) is 0 Å². The molecule has 0 spiro atoms. The Bertz CT molecular complexity index is 416. The second-order valence-corrected chi connectivity index (χ2v) is 6.55. The number of nitrogens with zero attached hydrogens (tertiary/aromatic N) is 1. The van der Waals surface area contributed by atoms with Gasteiger partial charge in [-0.2, -0.15) is 0 Å². The largest absolute Gasteiger partial charge is 0.397 e. The van der Waals surface area contributed by atoms with E-state index in [9.17, 15) is 4.79 Å². The predicted octanol–water partition coefficient (Wildman–Crippen LogP) is 2.61. The minimum absolute atomic E-state index is 0.158. The Labute approximate surface area is 109 Å². The fraction of sp³-hybridized carbons (Fsp3) is 0.571. The van der Waals surface area contributed by atoms with Gasteiger partial charge in [-0.15, -0.1) is 0 Å². The summed E-state index contributed by atoms with van der Waals surface area (Å²) in [6, 6.07) is 3.32. The molecule has 1 amide bonds. The van der Waals surface area contributed by atoms with Crippen molar-refractivity contribution in [1.82, 2.24) is 10.3 Å². The molecule has 0 fully saturated rings. The summed E-state index contributed by atoms with van der Waals surface area (Å²) in [6.07, 6.45) is 2.38. The van der Waals surface area contributed by atoms with E-state index < -0.39 is 0 Å². The number of nitrogens with two attached hydrogens (primary N) is 1. The van der Waals surface area contributed by atoms with E-state index in [2.05, 4.69) is 31.1 Å². The molecule has 1 aromatic rings. The summed E-state index contributed by atoms with van der Waals surface area (Å²) in [5.74, 6) is -0.163. The van der Waals surface area contributed by atoms with Crippen LogP contribution in [0.1, 0.15) is 51.5 Å². The van der Waals surface area contributed by atoms with Crippen molar-refractivity contribution in [3.05, 3.63) is 24.0 Å². The first kappa shape index (κ1) is 14.5. The summed E-state index contributed by atoms with van der Waals surface area (Å²) in [7, 11) is 0. The number of anilines is 1. The molecule has 4 nitrogen and oxygen atoms in total. The average molecular weight is 249 g/mol. The van der Waals surface area contributed by atoms with Crippen molar-refractivity contribution in [2.75, 3.05) is 5.73 Å². The minimum atomic E-state index is -0.265. The molecule has 100 valence electrons. The molecule has 1 aromatic heterocycles. The molecule has 0 radical (unpaired) electrons. The van der Waals surface area contributed by atoms with Crippen LogP contribution >= 0.6 is 0 Å². The highest BCUT2D eigenvalue weighted by atomic mass is 16.2. The number of amides is 1. The van der Waals surface area contributed by atoms with E-state index in [1.54, 1.807) is 12.1 Å². The number of carbonyl (C=O) groups is 1. The van der Waals surface area contributed by atoms with E-state index in [1.807, 2.05) is 13.8 Å². The van der Waals surface area contributed by atoms with E-state index in [-0.39, 0.29) is 16.9 Å². The summed E-state index contributed by atoms with van der Waals surface area (Å²) < 4.78 is 0. The number of carbonyl (C=O) groups excluding carboxylic acids is 1. The summed E-state index contributed by atoms with van der Waals surface area (Å²) in [5, 5.41) is 3.01. The Morgan fingerprint density at radius 3 is 2.33 bits per heavy atom. The van der Waals surface area contributed by atoms with Gasteiger partial charge in [0.1, 0.15) is 5.69 Å². The molecule has 0 aliphatic carbocycles. The van der Waals surface area contributed by atoms with Crippen LogP contribution in [-0.4, -0.2) is 16.4 Å². The first-order valence-electron chi connectivity index (χ1n) is 6.13. The summed E-state index contributed by atoms with van der Waals surface area (Å²) >= 11 is 0. The molecular weight excluding hydrogens is 226 g/mol. The van der Waals surface area contributed by atoms with Crippen molar-refractivity contribution >= 4 is 11.6 Å². The highest BCUT2D eigenvalue weighted by Gasteiger charge is 2.27. The number of rotatable bonds is 3. The third-order valence-corrected chi connectivity index (χ3v) is 2.44. The van der Waals surface area contributed by atoms with Crippen molar-refractivity contribution in [3.8, 4) is 0 Å². The van der Waals surface area contributed by atoms with Gasteiger partial charge in [0, 0.05) is 5.54 Å². The van der Waals surface area contributed by atoms with E-state index in [0.717, 1.165) is 6.42 Å². The van der Waals surface area contributed by atoms with Crippen molar-refractivity contribution in [2.24, 2.45) is 5.41 Å². The van der Waals surface area contributed by atoms with Crippen LogP contribution in [0.5, 0.6) is 0 Å². The Hall–Kier alpha value is -1.58. The Kier molecular flexibility index (Phi) is 3.99. The number of pyridine rings is 1. The monoisotopic (exact) mass is 249 g/mol. The van der Waals surface area contributed by atoms with Gasteiger partial charge < -0.3 is 11.1 Å². The Balaban J connectivity index is 2.72. The summed E-state index contributed by atoms with van der Waals surface area (Å²) in [4.78, 5) is 16.1. The molecule has 3 N–H and O–H groups in total. The van der Waals surface area contributed by atoms with Crippen LogP contribution in [0.2, 0.25) is 0 Å². The van der Waals surface area contributed by atoms with E-state index >= 15 is 0 Å². The summed E-state index contributed by atoms with van der Waals surface area (Å²) in [5.41, 5.74) is 6.39. The lowest BCUT2D eigenvalue weighted by molar-refractivity contribution is 0.0886. The number of hydrogen-bond acceptors (Lipinski definition) is 3. The van der Waals surface area contributed by atoms with E-state index in [4.69, 9.17) is 5.73 Å². The highest BCUT2D eigenvalue weighted by molar-refractivity contribution is 5.92. The molecule has 0 bridgehead atoms. The molecule has 0 unspecified atom stereocenters. The lowest BCUT2D eigenvalue weighted by atomic mass is 9.82. The van der Waals surface area contributed by atoms with Crippen LogP contribution in [0.25, 0.3) is 0 Å². The standard InChI is InChI=1S/C14H23N3O/c1-13(2,3)9-14(4,5)17-12(18)11-7-6-10(15)8-16-11/h6-8H,9,15H2,1-5H3,(H,17,18). The van der Waals surface area contributed by atoms with Crippen LogP contribution in [-0.2, 0) is 0 Å². The predicted molar refractivity (Wildman–Crippen MR) is 74.3 cm³/mol. The van der Waals surface area contributed by atoms with Crippen molar-refractivity contribution in [3.63, 3.8) is 0 Å². The molecule has 0 aliphatic rings. The van der Waals surface area contributed by atoms with Gasteiger partial charge >= 0.3 is 0 Å². The third kappa shape index (κ3) is 4.73. The number of hydrogen-bond donors (Lipinski definition) is 2. The maximum atomic E-state index is 12.0. The molecule has 0 saturated carbocycles. The Morgan fingerprint density at radius 1 is 1.28 bits per heavy atom. The molecular formula is C14H23N3O. The quantitative estimate of drug-likeness (QED) is 0.865. The van der Waals surface area contributed by atoms with E-state index in [0.29, 0.717) is 11.4 Å². The Morgan fingerprint density at radius 2 is 1.89 bits per heavy atom. The molecule has 0 aliphatic heterocycles. The normalized spacial score (nSPS) is 12.3. The van der Waals surface area contributed by atoms with Crippen LogP contribution in [0, 0.1) is 5.41 Å². The molecule has 4 heteroatoms. The summed E-state index contributed by atoms with van der Waals surface area (Å²) in [6.45, 7) is 10.5. The SMILES string of the molecule is CC(C)(C)CC(C)(C)NC(=O)c1ccc(N)cn1. The first-order valence-corrected chi connectivity index (χ1v) is 6.13. The maximum Gasteiger partial charge on any atom is 0.270 e. The zero-order valence-electron chi connectivity index (χ0n) is 11.9. The molecule has 0 aromatic carbocycles. The molecule has 18 heavy (non-hydrogen) atoms. The van der Waals surface area contributed by atoms with Crippen molar-refractivity contribution in [1.29, 1.82) is 0 Å². The van der Waals surface area contributed by atoms with Gasteiger partial charge in [0.25, 0.3) is 5.91 Å². The van der Waals surface area contributed by atoms with E-state index in [1.165, 1.54) is 6.20 Å². The maximum absolute atomic E-state index is 12.0. The van der Waals surface area contributed by atoms with Gasteiger partial charge in [0.15, 0.2) is 0 Å². The van der Waals surface area contributed by atoms with Crippen molar-refractivity contribution in [2.45, 2.75) is 46.6 Å². The van der Waals surface area contributed by atoms with Gasteiger partial charge in [-0.1, -0.05) is 20.8 Å². The third-order valence-electron chi connectivity index (χ3n) is 2.44. The minimum Gasteiger partial charge on any atom is -0.397 e. The lowest BCUT2D eigenvalue weighted by Crippen LogP contribution is -2.46. The zero-order chi connectivity index (χ0) is 14.0. The van der Waals surface area contributed by atoms with Gasteiger partial charge in [-0.05, 0) is 37.8 Å². The zero-order valence-corrected chi connectivity index (χ0v) is 11.9. The number of nitrogen functional groups attached to an aromatic ring is 1.